The van der Waals surface area contributed by atoms with Gasteiger partial charge in [0.25, 0.3) is 5.91 Å². The SMILES string of the molecule is CCNC(=O)c1ccc(Nc2nc(Nc3cc(C4CC4)[nH]n3)c3ccccc3n2)cc1. The van der Waals surface area contributed by atoms with Crippen molar-refractivity contribution < 1.29 is 4.79 Å². The Morgan fingerprint density at radius 2 is 1.87 bits per heavy atom. The second-order valence-corrected chi connectivity index (χ2v) is 7.58. The van der Waals surface area contributed by atoms with Gasteiger partial charge in [0.2, 0.25) is 5.95 Å². The van der Waals surface area contributed by atoms with E-state index in [4.69, 9.17) is 0 Å². The summed E-state index contributed by atoms with van der Waals surface area (Å²) in [4.78, 5) is 21.3. The third-order valence-corrected chi connectivity index (χ3v) is 5.21. The summed E-state index contributed by atoms with van der Waals surface area (Å²) < 4.78 is 0. The molecule has 1 fully saturated rings. The van der Waals surface area contributed by atoms with Crippen molar-refractivity contribution in [2.75, 3.05) is 17.2 Å². The number of aromatic nitrogens is 4. The number of carbonyl (C=O) groups excluding carboxylic acids is 1. The van der Waals surface area contributed by atoms with Gasteiger partial charge in [-0.2, -0.15) is 10.1 Å². The van der Waals surface area contributed by atoms with Gasteiger partial charge in [-0.3, -0.25) is 9.89 Å². The second kappa shape index (κ2) is 8.06. The Morgan fingerprint density at radius 3 is 2.65 bits per heavy atom. The molecule has 0 bridgehead atoms. The van der Waals surface area contributed by atoms with E-state index in [0.29, 0.717) is 29.8 Å². The lowest BCUT2D eigenvalue weighted by Gasteiger charge is -2.11. The van der Waals surface area contributed by atoms with Crippen LogP contribution in [0.25, 0.3) is 10.9 Å². The molecule has 5 rings (SSSR count). The van der Waals surface area contributed by atoms with Crippen LogP contribution >= 0.6 is 0 Å². The van der Waals surface area contributed by atoms with E-state index in [1.807, 2.05) is 49.4 Å². The van der Waals surface area contributed by atoms with Crippen LogP contribution in [0, 0.1) is 0 Å². The highest BCUT2D eigenvalue weighted by molar-refractivity contribution is 5.94. The van der Waals surface area contributed by atoms with E-state index in [9.17, 15) is 4.79 Å². The number of aromatic amines is 1. The molecule has 0 unspecified atom stereocenters. The molecule has 8 nitrogen and oxygen atoms in total. The van der Waals surface area contributed by atoms with Gasteiger partial charge in [-0.15, -0.1) is 0 Å². The van der Waals surface area contributed by atoms with Crippen LogP contribution in [0.2, 0.25) is 0 Å². The molecule has 0 saturated heterocycles. The average Bonchev–Trinajstić information content (AvgIpc) is 3.53. The van der Waals surface area contributed by atoms with E-state index < -0.39 is 0 Å². The van der Waals surface area contributed by atoms with Gasteiger partial charge in [0.05, 0.1) is 5.52 Å². The number of anilines is 4. The Balaban J connectivity index is 1.41. The van der Waals surface area contributed by atoms with Gasteiger partial charge in [-0.25, -0.2) is 4.98 Å². The molecular weight excluding hydrogens is 390 g/mol. The minimum atomic E-state index is -0.0907. The smallest absolute Gasteiger partial charge is 0.251 e. The maximum Gasteiger partial charge on any atom is 0.251 e. The first-order chi connectivity index (χ1) is 15.2. The minimum Gasteiger partial charge on any atom is -0.352 e. The van der Waals surface area contributed by atoms with Gasteiger partial charge in [0.1, 0.15) is 5.82 Å². The maximum atomic E-state index is 12.0. The quantitative estimate of drug-likeness (QED) is 0.356. The van der Waals surface area contributed by atoms with Crippen molar-refractivity contribution in [3.05, 3.63) is 65.9 Å². The van der Waals surface area contributed by atoms with E-state index >= 15 is 0 Å². The van der Waals surface area contributed by atoms with Gasteiger partial charge >= 0.3 is 0 Å². The van der Waals surface area contributed by atoms with Gasteiger partial charge in [-0.05, 0) is 56.2 Å². The summed E-state index contributed by atoms with van der Waals surface area (Å²) in [7, 11) is 0. The summed E-state index contributed by atoms with van der Waals surface area (Å²) in [5.41, 5.74) is 3.38. The number of nitrogens with zero attached hydrogens (tertiary/aromatic N) is 3. The first-order valence-electron chi connectivity index (χ1n) is 10.4. The van der Waals surface area contributed by atoms with E-state index in [1.165, 1.54) is 12.8 Å². The summed E-state index contributed by atoms with van der Waals surface area (Å²) >= 11 is 0. The molecule has 0 atom stereocenters. The second-order valence-electron chi connectivity index (χ2n) is 7.58. The first-order valence-corrected chi connectivity index (χ1v) is 10.4. The number of amides is 1. The zero-order chi connectivity index (χ0) is 21.2. The van der Waals surface area contributed by atoms with Crippen molar-refractivity contribution in [1.82, 2.24) is 25.5 Å². The predicted molar refractivity (Wildman–Crippen MR) is 121 cm³/mol. The normalized spacial score (nSPS) is 13.2. The van der Waals surface area contributed by atoms with E-state index in [0.717, 1.165) is 28.1 Å². The van der Waals surface area contributed by atoms with Crippen LogP contribution in [0.1, 0.15) is 41.7 Å². The molecule has 1 aliphatic rings. The van der Waals surface area contributed by atoms with Gasteiger partial charge in [0.15, 0.2) is 5.82 Å². The molecule has 8 heteroatoms. The number of benzene rings is 2. The molecule has 4 N–H and O–H groups in total. The fraction of sp³-hybridized carbons (Fsp3) is 0.217. The molecule has 1 saturated carbocycles. The zero-order valence-corrected chi connectivity index (χ0v) is 17.1. The zero-order valence-electron chi connectivity index (χ0n) is 17.1. The third-order valence-electron chi connectivity index (χ3n) is 5.21. The number of H-pyrrole nitrogens is 1. The topological polar surface area (TPSA) is 108 Å². The number of hydrogen-bond acceptors (Lipinski definition) is 6. The Bertz CT molecular complexity index is 1230. The van der Waals surface area contributed by atoms with E-state index in [2.05, 4.69) is 36.1 Å². The molecule has 1 aliphatic carbocycles. The van der Waals surface area contributed by atoms with E-state index in [-0.39, 0.29) is 5.91 Å². The van der Waals surface area contributed by atoms with Crippen molar-refractivity contribution in [2.45, 2.75) is 25.7 Å². The van der Waals surface area contributed by atoms with Crippen molar-refractivity contribution >= 4 is 40.1 Å². The monoisotopic (exact) mass is 413 g/mol. The average molecular weight is 413 g/mol. The summed E-state index contributed by atoms with van der Waals surface area (Å²) in [6.45, 7) is 2.49. The number of nitrogens with one attached hydrogen (secondary N) is 4. The molecule has 2 aromatic heterocycles. The highest BCUT2D eigenvalue weighted by atomic mass is 16.1. The molecule has 4 aromatic rings. The van der Waals surface area contributed by atoms with Crippen molar-refractivity contribution in [2.24, 2.45) is 0 Å². The standard InChI is InChI=1S/C23H23N7O/c1-2-24-22(31)15-9-11-16(12-10-15)25-23-26-18-6-4-3-5-17(18)21(28-23)27-20-13-19(29-30-20)14-7-8-14/h3-6,9-14H,2,7-8H2,1H3,(H,24,31)(H3,25,26,27,28,29,30). The number of fused-ring (bicyclic) bond motifs is 1. The molecular formula is C23H23N7O. The minimum absolute atomic E-state index is 0.0907. The fourth-order valence-electron chi connectivity index (χ4n) is 3.45. The molecule has 2 aromatic carbocycles. The van der Waals surface area contributed by atoms with Crippen molar-refractivity contribution in [1.29, 1.82) is 0 Å². The summed E-state index contributed by atoms with van der Waals surface area (Å²) in [6, 6.07) is 17.1. The van der Waals surface area contributed by atoms with Crippen LogP contribution in [0.4, 0.5) is 23.3 Å². The lowest BCUT2D eigenvalue weighted by Crippen LogP contribution is -2.22. The largest absolute Gasteiger partial charge is 0.352 e. The highest BCUT2D eigenvalue weighted by Gasteiger charge is 2.25. The molecule has 156 valence electrons. The van der Waals surface area contributed by atoms with E-state index in [1.54, 1.807) is 12.1 Å². The highest BCUT2D eigenvalue weighted by Crippen LogP contribution is 2.39. The van der Waals surface area contributed by atoms with Gasteiger partial charge in [0, 0.05) is 40.9 Å². The Kier molecular flexibility index (Phi) is 4.95. The van der Waals surface area contributed by atoms with Gasteiger partial charge in [-0.1, -0.05) is 12.1 Å². The Labute approximate surface area is 179 Å². The van der Waals surface area contributed by atoms with Crippen LogP contribution in [0.3, 0.4) is 0 Å². The number of para-hydroxylation sites is 1. The molecule has 0 radical (unpaired) electrons. The fourth-order valence-corrected chi connectivity index (χ4v) is 3.45. The first kappa shape index (κ1) is 19.0. The molecule has 31 heavy (non-hydrogen) atoms. The van der Waals surface area contributed by atoms with Crippen LogP contribution in [0.15, 0.2) is 54.6 Å². The van der Waals surface area contributed by atoms with Gasteiger partial charge < -0.3 is 16.0 Å². The number of hydrogen-bond donors (Lipinski definition) is 4. The molecule has 1 amide bonds. The van der Waals surface area contributed by atoms with Crippen LogP contribution in [0.5, 0.6) is 0 Å². The predicted octanol–water partition coefficient (Wildman–Crippen LogP) is 4.47. The Hall–Kier alpha value is -3.94. The molecule has 0 spiro atoms. The summed E-state index contributed by atoms with van der Waals surface area (Å²) in [5.74, 6) is 2.39. The molecule has 2 heterocycles. The number of rotatable bonds is 7. The summed E-state index contributed by atoms with van der Waals surface area (Å²) in [5, 5.41) is 17.8. The lowest BCUT2D eigenvalue weighted by atomic mass is 10.2. The number of carbonyl (C=O) groups is 1. The van der Waals surface area contributed by atoms with Crippen molar-refractivity contribution in [3.8, 4) is 0 Å². The van der Waals surface area contributed by atoms with Crippen LogP contribution in [-0.4, -0.2) is 32.6 Å². The van der Waals surface area contributed by atoms with Crippen LogP contribution in [-0.2, 0) is 0 Å². The lowest BCUT2D eigenvalue weighted by molar-refractivity contribution is 0.0956. The molecule has 0 aliphatic heterocycles. The summed E-state index contributed by atoms with van der Waals surface area (Å²) in [6.07, 6.45) is 2.43. The third kappa shape index (κ3) is 4.18. The van der Waals surface area contributed by atoms with Crippen molar-refractivity contribution in [3.63, 3.8) is 0 Å². The van der Waals surface area contributed by atoms with Crippen LogP contribution < -0.4 is 16.0 Å². The Morgan fingerprint density at radius 1 is 1.06 bits per heavy atom. The maximum absolute atomic E-state index is 12.0.